The van der Waals surface area contributed by atoms with E-state index in [0.717, 1.165) is 6.07 Å². The molecule has 6 heteroatoms. The Kier molecular flexibility index (Phi) is 3.90. The molecule has 0 fully saturated rings. The number of halogens is 3. The number of hydrogen-bond donors (Lipinski definition) is 2. The van der Waals surface area contributed by atoms with Crippen molar-refractivity contribution in [3.8, 4) is 5.75 Å². The molecule has 2 N–H and O–H groups in total. The molecule has 2 aromatic carbocycles. The van der Waals surface area contributed by atoms with Gasteiger partial charge < -0.3 is 10.4 Å². The van der Waals surface area contributed by atoms with E-state index in [1.807, 2.05) is 0 Å². The van der Waals surface area contributed by atoms with E-state index in [4.69, 9.17) is 11.6 Å². The van der Waals surface area contributed by atoms with Crippen molar-refractivity contribution >= 4 is 23.2 Å². The fourth-order valence-corrected chi connectivity index (χ4v) is 1.74. The first-order chi connectivity index (χ1) is 9.38. The Morgan fingerprint density at radius 3 is 2.55 bits per heavy atom. The molecule has 0 saturated carbocycles. The van der Waals surface area contributed by atoms with E-state index in [1.165, 1.54) is 25.1 Å². The maximum absolute atomic E-state index is 13.6. The highest BCUT2D eigenvalue weighted by Crippen LogP contribution is 2.26. The van der Waals surface area contributed by atoms with Gasteiger partial charge in [-0.05, 0) is 30.7 Å². The minimum Gasteiger partial charge on any atom is -0.506 e. The Bertz CT molecular complexity index is 689. The largest absolute Gasteiger partial charge is 0.506 e. The smallest absolute Gasteiger partial charge is 0.258 e. The molecule has 104 valence electrons. The fourth-order valence-electron chi connectivity index (χ4n) is 1.62. The molecule has 0 radical (unpaired) electrons. The van der Waals surface area contributed by atoms with Gasteiger partial charge in [0.05, 0.1) is 10.6 Å². The zero-order valence-corrected chi connectivity index (χ0v) is 11.1. The summed E-state index contributed by atoms with van der Waals surface area (Å²) in [6, 6.07) is 5.85. The van der Waals surface area contributed by atoms with Crippen molar-refractivity contribution in [2.24, 2.45) is 0 Å². The summed E-state index contributed by atoms with van der Waals surface area (Å²) in [5, 5.41) is 11.9. The number of benzene rings is 2. The zero-order chi connectivity index (χ0) is 14.9. The number of phenols is 1. The highest BCUT2D eigenvalue weighted by atomic mass is 35.5. The number of phenolic OH excluding ortho intramolecular Hbond substituents is 1. The molecule has 20 heavy (non-hydrogen) atoms. The summed E-state index contributed by atoms with van der Waals surface area (Å²) in [5.41, 5.74) is 0.132. The summed E-state index contributed by atoms with van der Waals surface area (Å²) < 4.78 is 26.7. The van der Waals surface area contributed by atoms with E-state index in [1.54, 1.807) is 0 Å². The Morgan fingerprint density at radius 2 is 1.90 bits per heavy atom. The molecule has 0 heterocycles. The van der Waals surface area contributed by atoms with E-state index in [9.17, 15) is 18.7 Å². The zero-order valence-electron chi connectivity index (χ0n) is 10.4. The minimum atomic E-state index is -0.955. The minimum absolute atomic E-state index is 0.131. The monoisotopic (exact) mass is 297 g/mol. The molecule has 0 aromatic heterocycles. The van der Waals surface area contributed by atoms with E-state index < -0.39 is 17.5 Å². The van der Waals surface area contributed by atoms with Crippen molar-refractivity contribution in [2.45, 2.75) is 6.92 Å². The molecule has 2 aromatic rings. The van der Waals surface area contributed by atoms with Gasteiger partial charge in [-0.15, -0.1) is 0 Å². The second-order valence-electron chi connectivity index (χ2n) is 4.20. The topological polar surface area (TPSA) is 49.3 Å². The van der Waals surface area contributed by atoms with Gasteiger partial charge in [-0.2, -0.15) is 0 Å². The van der Waals surface area contributed by atoms with Crippen LogP contribution in [0.1, 0.15) is 15.9 Å². The van der Waals surface area contributed by atoms with Gasteiger partial charge in [0.1, 0.15) is 17.4 Å². The van der Waals surface area contributed by atoms with Gasteiger partial charge in [-0.1, -0.05) is 11.6 Å². The highest BCUT2D eigenvalue weighted by molar-refractivity contribution is 6.32. The third kappa shape index (κ3) is 2.88. The molecule has 0 saturated heterocycles. The van der Waals surface area contributed by atoms with Crippen molar-refractivity contribution < 1.29 is 18.7 Å². The van der Waals surface area contributed by atoms with E-state index in [-0.39, 0.29) is 27.6 Å². The third-order valence-electron chi connectivity index (χ3n) is 2.70. The maximum Gasteiger partial charge on any atom is 0.258 e. The summed E-state index contributed by atoms with van der Waals surface area (Å²) in [6.45, 7) is 1.43. The molecule has 2 rings (SSSR count). The van der Waals surface area contributed by atoms with Crippen molar-refractivity contribution in [3.63, 3.8) is 0 Å². The first kappa shape index (κ1) is 14.3. The second-order valence-corrected chi connectivity index (χ2v) is 4.61. The predicted molar refractivity (Wildman–Crippen MR) is 72.2 cm³/mol. The van der Waals surface area contributed by atoms with E-state index in [2.05, 4.69) is 5.32 Å². The standard InChI is InChI=1S/C14H10ClF2NO2/c1-7-4-9(12(17)6-11(7)16)14(20)18-8-2-3-10(15)13(19)5-8/h2-6,19H,1H3,(H,18,20). The van der Waals surface area contributed by atoms with Crippen LogP contribution in [0, 0.1) is 18.6 Å². The van der Waals surface area contributed by atoms with Crippen LogP contribution in [-0.2, 0) is 0 Å². The summed E-state index contributed by atoms with van der Waals surface area (Å²) in [6.07, 6.45) is 0. The number of aromatic hydroxyl groups is 1. The molecular formula is C14H10ClF2NO2. The van der Waals surface area contributed by atoms with Crippen molar-refractivity contribution in [1.82, 2.24) is 0 Å². The molecule has 0 aliphatic carbocycles. The van der Waals surface area contributed by atoms with Crippen molar-refractivity contribution in [1.29, 1.82) is 0 Å². The molecule has 0 aliphatic rings. The van der Waals surface area contributed by atoms with Gasteiger partial charge in [0.15, 0.2) is 0 Å². The summed E-state index contributed by atoms with van der Waals surface area (Å²) in [5.74, 6) is -2.63. The lowest BCUT2D eigenvalue weighted by Gasteiger charge is -2.08. The number of nitrogens with one attached hydrogen (secondary N) is 1. The Labute approximate surface area is 118 Å². The van der Waals surface area contributed by atoms with Crippen LogP contribution < -0.4 is 5.32 Å². The number of amides is 1. The molecule has 0 atom stereocenters. The first-order valence-corrected chi connectivity index (χ1v) is 6.02. The first-order valence-electron chi connectivity index (χ1n) is 5.64. The lowest BCUT2D eigenvalue weighted by molar-refractivity contribution is 0.102. The van der Waals surface area contributed by atoms with Crippen LogP contribution in [0.25, 0.3) is 0 Å². The number of aryl methyl sites for hydroxylation is 1. The van der Waals surface area contributed by atoms with Gasteiger partial charge in [0, 0.05) is 17.8 Å². The van der Waals surface area contributed by atoms with Gasteiger partial charge in [0.25, 0.3) is 5.91 Å². The van der Waals surface area contributed by atoms with E-state index in [0.29, 0.717) is 6.07 Å². The lowest BCUT2D eigenvalue weighted by atomic mass is 10.1. The van der Waals surface area contributed by atoms with Gasteiger partial charge in [-0.3, -0.25) is 4.79 Å². The van der Waals surface area contributed by atoms with Crippen LogP contribution in [-0.4, -0.2) is 11.0 Å². The summed E-state index contributed by atoms with van der Waals surface area (Å²) in [4.78, 5) is 11.9. The number of hydrogen-bond acceptors (Lipinski definition) is 2. The quantitative estimate of drug-likeness (QED) is 0.883. The molecule has 0 spiro atoms. The Balaban J connectivity index is 2.28. The average Bonchev–Trinajstić information content (AvgIpc) is 2.38. The van der Waals surface area contributed by atoms with Crippen molar-refractivity contribution in [3.05, 3.63) is 58.1 Å². The van der Waals surface area contributed by atoms with Crippen LogP contribution in [0.3, 0.4) is 0 Å². The Morgan fingerprint density at radius 1 is 1.20 bits per heavy atom. The Hall–Kier alpha value is -2.14. The summed E-state index contributed by atoms with van der Waals surface area (Å²) >= 11 is 5.63. The average molecular weight is 298 g/mol. The molecule has 0 unspecified atom stereocenters. The van der Waals surface area contributed by atoms with Crippen molar-refractivity contribution in [2.75, 3.05) is 5.32 Å². The van der Waals surface area contributed by atoms with Gasteiger partial charge >= 0.3 is 0 Å². The third-order valence-corrected chi connectivity index (χ3v) is 3.02. The summed E-state index contributed by atoms with van der Waals surface area (Å²) in [7, 11) is 0. The molecule has 1 amide bonds. The number of carbonyl (C=O) groups excluding carboxylic acids is 1. The lowest BCUT2D eigenvalue weighted by Crippen LogP contribution is -2.14. The van der Waals surface area contributed by atoms with Crippen LogP contribution in [0.15, 0.2) is 30.3 Å². The predicted octanol–water partition coefficient (Wildman–Crippen LogP) is 3.88. The second kappa shape index (κ2) is 5.46. The molecular weight excluding hydrogens is 288 g/mol. The van der Waals surface area contributed by atoms with Gasteiger partial charge in [0.2, 0.25) is 0 Å². The molecule has 0 bridgehead atoms. The van der Waals surface area contributed by atoms with Crippen LogP contribution in [0.2, 0.25) is 5.02 Å². The van der Waals surface area contributed by atoms with E-state index >= 15 is 0 Å². The highest BCUT2D eigenvalue weighted by Gasteiger charge is 2.15. The normalized spacial score (nSPS) is 10.4. The SMILES string of the molecule is Cc1cc(C(=O)Nc2ccc(Cl)c(O)c2)c(F)cc1F. The molecule has 0 aliphatic heterocycles. The van der Waals surface area contributed by atoms with Gasteiger partial charge in [-0.25, -0.2) is 8.78 Å². The van der Waals surface area contributed by atoms with Crippen LogP contribution >= 0.6 is 11.6 Å². The maximum atomic E-state index is 13.6. The van der Waals surface area contributed by atoms with Crippen LogP contribution in [0.5, 0.6) is 5.75 Å². The molecule has 3 nitrogen and oxygen atoms in total. The van der Waals surface area contributed by atoms with Crippen LogP contribution in [0.4, 0.5) is 14.5 Å². The number of rotatable bonds is 2. The number of anilines is 1. The fraction of sp³-hybridized carbons (Fsp3) is 0.0714. The number of carbonyl (C=O) groups is 1.